The molecule has 0 fully saturated rings. The molecule has 2 atom stereocenters. The molecule has 2 aromatic carbocycles. The van der Waals surface area contributed by atoms with E-state index in [1.54, 1.807) is 6.07 Å². The van der Waals surface area contributed by atoms with Crippen LogP contribution in [0.1, 0.15) is 34.8 Å². The van der Waals surface area contributed by atoms with Gasteiger partial charge in [-0.1, -0.05) is 0 Å². The number of fused-ring (bicyclic) bond motifs is 1. The number of rotatable bonds is 3. The van der Waals surface area contributed by atoms with E-state index in [-0.39, 0.29) is 11.3 Å². The average Bonchev–Trinajstić information content (AvgIpc) is 2.74. The lowest BCUT2D eigenvalue weighted by atomic mass is 10.0. The molecule has 0 saturated carbocycles. The van der Waals surface area contributed by atoms with Crippen LogP contribution in [0.5, 0.6) is 11.5 Å². The number of aliphatic hydroxyl groups excluding tert-OH is 1. The van der Waals surface area contributed by atoms with Gasteiger partial charge in [-0.3, -0.25) is 0 Å². The Morgan fingerprint density at radius 2 is 1.88 bits per heavy atom. The highest BCUT2D eigenvalue weighted by atomic mass is 19.3. The molecule has 1 aliphatic carbocycles. The quantitative estimate of drug-likeness (QED) is 0.779. The first-order valence-electron chi connectivity index (χ1n) is 7.20. The molecule has 9 heteroatoms. The fourth-order valence-electron chi connectivity index (χ4n) is 2.85. The molecule has 136 valence electrons. The summed E-state index contributed by atoms with van der Waals surface area (Å²) in [6.45, 7) is 0. The first kappa shape index (κ1) is 18.1. The van der Waals surface area contributed by atoms with Gasteiger partial charge in [0.1, 0.15) is 23.4 Å². The molecule has 0 spiro atoms. The summed E-state index contributed by atoms with van der Waals surface area (Å²) in [5.74, 6) is -6.00. The van der Waals surface area contributed by atoms with Gasteiger partial charge in [-0.25, -0.2) is 17.6 Å². The van der Waals surface area contributed by atoms with Crippen molar-refractivity contribution in [2.75, 3.05) is 0 Å². The van der Waals surface area contributed by atoms with Gasteiger partial charge in [-0.2, -0.15) is 14.0 Å². The van der Waals surface area contributed by atoms with Crippen LogP contribution in [-0.4, -0.2) is 11.3 Å². The van der Waals surface area contributed by atoms with E-state index in [1.807, 2.05) is 0 Å². The van der Waals surface area contributed by atoms with E-state index >= 15 is 0 Å². The van der Waals surface area contributed by atoms with Crippen LogP contribution in [0.2, 0.25) is 0 Å². The molecule has 0 heterocycles. The number of ether oxygens (including phenoxy) is 1. The third kappa shape index (κ3) is 2.76. The minimum absolute atomic E-state index is 0.157. The minimum atomic E-state index is -4.14. The lowest BCUT2D eigenvalue weighted by Gasteiger charge is -2.16. The number of nitriles is 1. The van der Waals surface area contributed by atoms with Crippen molar-refractivity contribution < 1.29 is 36.2 Å². The van der Waals surface area contributed by atoms with E-state index in [9.17, 15) is 31.4 Å². The predicted octanol–water partition coefficient (Wildman–Crippen LogP) is 4.90. The normalized spacial score (nSPS) is 20.7. The third-order valence-electron chi connectivity index (χ3n) is 3.97. The van der Waals surface area contributed by atoms with Gasteiger partial charge in [0.05, 0.1) is 17.2 Å². The molecular formula is C17H9F6NO2. The Bertz CT molecular complexity index is 909. The highest BCUT2D eigenvalue weighted by Crippen LogP contribution is 2.53. The summed E-state index contributed by atoms with van der Waals surface area (Å²) < 4.78 is 86.8. The number of benzene rings is 2. The summed E-state index contributed by atoms with van der Waals surface area (Å²) in [5.41, 5.74) is -3.28. The van der Waals surface area contributed by atoms with Crippen LogP contribution in [-0.2, 0) is 5.92 Å². The molecule has 26 heavy (non-hydrogen) atoms. The zero-order chi connectivity index (χ0) is 19.2. The highest BCUT2D eigenvalue weighted by Gasteiger charge is 2.56. The Kier molecular flexibility index (Phi) is 4.32. The van der Waals surface area contributed by atoms with E-state index in [0.717, 1.165) is 24.3 Å². The van der Waals surface area contributed by atoms with E-state index in [1.165, 1.54) is 0 Å². The number of aliphatic hydroxyl groups is 1. The molecular weight excluding hydrogens is 364 g/mol. The second-order valence-corrected chi connectivity index (χ2v) is 5.60. The maximum Gasteiger partial charge on any atom is 0.307 e. The summed E-state index contributed by atoms with van der Waals surface area (Å²) in [7, 11) is 0. The molecule has 0 saturated heterocycles. The Hall–Kier alpha value is -2.73. The lowest BCUT2D eigenvalue weighted by molar-refractivity contribution is -0.104. The van der Waals surface area contributed by atoms with Crippen molar-refractivity contribution in [3.63, 3.8) is 0 Å². The monoisotopic (exact) mass is 373 g/mol. The molecule has 0 unspecified atom stereocenters. The molecule has 0 amide bonds. The van der Waals surface area contributed by atoms with Crippen LogP contribution in [0.4, 0.5) is 26.3 Å². The van der Waals surface area contributed by atoms with Crippen LogP contribution < -0.4 is 4.74 Å². The fraction of sp³-hybridized carbons (Fsp3) is 0.235. The summed E-state index contributed by atoms with van der Waals surface area (Å²) in [6.07, 6.45) is -8.92. The van der Waals surface area contributed by atoms with Crippen LogP contribution in [0, 0.1) is 17.1 Å². The third-order valence-corrected chi connectivity index (χ3v) is 3.97. The minimum Gasteiger partial charge on any atom is -0.457 e. The van der Waals surface area contributed by atoms with Gasteiger partial charge in [0, 0.05) is 17.2 Å². The Morgan fingerprint density at radius 1 is 1.19 bits per heavy atom. The number of alkyl halides is 5. The molecule has 3 nitrogen and oxygen atoms in total. The summed E-state index contributed by atoms with van der Waals surface area (Å²) in [4.78, 5) is 0. The SMILES string of the molecule is N#Cc1cc(F)cc(Oc2ccc3c(c2C(F)F)[C@H](O)[C@H](F)C3(F)F)c1. The van der Waals surface area contributed by atoms with Crippen molar-refractivity contribution in [2.45, 2.75) is 24.6 Å². The largest absolute Gasteiger partial charge is 0.457 e. The van der Waals surface area contributed by atoms with E-state index in [0.29, 0.717) is 6.07 Å². The lowest BCUT2D eigenvalue weighted by Crippen LogP contribution is -2.24. The number of halogens is 6. The van der Waals surface area contributed by atoms with Gasteiger partial charge in [0.25, 0.3) is 6.43 Å². The second kappa shape index (κ2) is 6.21. The molecule has 2 aromatic rings. The van der Waals surface area contributed by atoms with Crippen molar-refractivity contribution in [1.82, 2.24) is 0 Å². The van der Waals surface area contributed by atoms with E-state index in [4.69, 9.17) is 10.00 Å². The predicted molar refractivity (Wildman–Crippen MR) is 76.3 cm³/mol. The first-order chi connectivity index (χ1) is 12.2. The van der Waals surface area contributed by atoms with Crippen LogP contribution in [0.25, 0.3) is 0 Å². The summed E-state index contributed by atoms with van der Waals surface area (Å²) in [5, 5.41) is 18.5. The average molecular weight is 373 g/mol. The van der Waals surface area contributed by atoms with Gasteiger partial charge in [0.2, 0.25) is 0 Å². The van der Waals surface area contributed by atoms with Crippen molar-refractivity contribution >= 4 is 0 Å². The molecule has 0 bridgehead atoms. The Balaban J connectivity index is 2.14. The number of hydrogen-bond acceptors (Lipinski definition) is 3. The second-order valence-electron chi connectivity index (χ2n) is 5.60. The molecule has 1 N–H and O–H groups in total. The summed E-state index contributed by atoms with van der Waals surface area (Å²) in [6, 6.07) is 5.79. The topological polar surface area (TPSA) is 53.2 Å². The zero-order valence-corrected chi connectivity index (χ0v) is 12.7. The molecule has 1 aliphatic rings. The fourth-order valence-corrected chi connectivity index (χ4v) is 2.85. The highest BCUT2D eigenvalue weighted by molar-refractivity contribution is 5.54. The molecule has 0 radical (unpaired) electrons. The van der Waals surface area contributed by atoms with E-state index < -0.39 is 52.9 Å². The van der Waals surface area contributed by atoms with Crippen molar-refractivity contribution in [3.8, 4) is 17.6 Å². The maximum atomic E-state index is 13.8. The van der Waals surface area contributed by atoms with Gasteiger partial charge >= 0.3 is 5.92 Å². The smallest absolute Gasteiger partial charge is 0.307 e. The van der Waals surface area contributed by atoms with Gasteiger partial charge in [-0.15, -0.1) is 0 Å². The van der Waals surface area contributed by atoms with Crippen molar-refractivity contribution in [1.29, 1.82) is 5.26 Å². The van der Waals surface area contributed by atoms with Crippen LogP contribution >= 0.6 is 0 Å². The standard InChI is InChI=1S/C17H9F6NO2/c18-8-3-7(6-24)4-9(5-8)26-11-2-1-10-12(13(11)16(20)21)14(25)15(19)17(10,22)23/h1-5,14-16,25H/t14-,15-/m0/s1. The Labute approximate surface area is 143 Å². The van der Waals surface area contributed by atoms with Gasteiger partial charge in [0.15, 0.2) is 6.17 Å². The van der Waals surface area contributed by atoms with E-state index in [2.05, 4.69) is 0 Å². The number of hydrogen-bond donors (Lipinski definition) is 1. The Morgan fingerprint density at radius 3 is 2.50 bits per heavy atom. The molecule has 0 aliphatic heterocycles. The van der Waals surface area contributed by atoms with Crippen LogP contribution in [0.15, 0.2) is 30.3 Å². The van der Waals surface area contributed by atoms with Gasteiger partial charge in [-0.05, 0) is 24.3 Å². The number of nitrogens with zero attached hydrogens (tertiary/aromatic N) is 1. The van der Waals surface area contributed by atoms with Gasteiger partial charge < -0.3 is 9.84 Å². The molecule has 3 rings (SSSR count). The molecule has 0 aromatic heterocycles. The summed E-state index contributed by atoms with van der Waals surface area (Å²) >= 11 is 0. The maximum absolute atomic E-state index is 13.8. The zero-order valence-electron chi connectivity index (χ0n) is 12.7. The van der Waals surface area contributed by atoms with Crippen LogP contribution in [0.3, 0.4) is 0 Å². The van der Waals surface area contributed by atoms with Crippen molar-refractivity contribution in [2.24, 2.45) is 0 Å². The first-order valence-corrected chi connectivity index (χ1v) is 7.20. The van der Waals surface area contributed by atoms with Crippen molar-refractivity contribution in [3.05, 3.63) is 58.4 Å².